The molecule has 1 amide bonds. The minimum atomic E-state index is 0.230. The fourth-order valence-electron chi connectivity index (χ4n) is 4.29. The first-order chi connectivity index (χ1) is 12.8. The Morgan fingerprint density at radius 3 is 2.69 bits per heavy atom. The number of carbonyl (C=O) groups is 1. The van der Waals surface area contributed by atoms with E-state index < -0.39 is 0 Å². The van der Waals surface area contributed by atoms with Gasteiger partial charge in [0.1, 0.15) is 5.82 Å². The molecule has 1 aliphatic heterocycles. The van der Waals surface area contributed by atoms with Gasteiger partial charge in [-0.05, 0) is 43.7 Å². The van der Waals surface area contributed by atoms with Crippen molar-refractivity contribution in [3.63, 3.8) is 0 Å². The summed E-state index contributed by atoms with van der Waals surface area (Å²) >= 11 is 0. The molecule has 1 fully saturated rings. The summed E-state index contributed by atoms with van der Waals surface area (Å²) in [5.41, 5.74) is 1.04. The Labute approximate surface area is 154 Å². The maximum absolute atomic E-state index is 12.4. The number of nitrogens with zero attached hydrogens (tertiary/aromatic N) is 4. The molecule has 2 aromatic rings. The highest BCUT2D eigenvalue weighted by Crippen LogP contribution is 2.26. The fourth-order valence-corrected chi connectivity index (χ4v) is 4.29. The van der Waals surface area contributed by atoms with Crippen LogP contribution < -0.4 is 5.32 Å². The molecule has 0 spiro atoms. The third kappa shape index (κ3) is 3.94. The topological polar surface area (TPSA) is 72.7 Å². The van der Waals surface area contributed by atoms with E-state index in [9.17, 15) is 4.79 Å². The number of aryl methyl sites for hydroxylation is 1. The van der Waals surface area contributed by atoms with Crippen LogP contribution in [0, 0.1) is 5.92 Å². The smallest absolute Gasteiger partial charge is 0.220 e. The third-order valence-electron chi connectivity index (χ3n) is 5.75. The van der Waals surface area contributed by atoms with E-state index in [1.54, 1.807) is 12.4 Å². The number of hydrogen-bond acceptors (Lipinski definition) is 4. The largest absolute Gasteiger partial charge is 0.353 e. The van der Waals surface area contributed by atoms with Crippen molar-refractivity contribution >= 4 is 5.91 Å². The van der Waals surface area contributed by atoms with Gasteiger partial charge in [0.25, 0.3) is 0 Å². The summed E-state index contributed by atoms with van der Waals surface area (Å²) in [4.78, 5) is 16.5. The zero-order valence-corrected chi connectivity index (χ0v) is 15.2. The van der Waals surface area contributed by atoms with Gasteiger partial charge < -0.3 is 9.88 Å². The van der Waals surface area contributed by atoms with Crippen LogP contribution in [-0.2, 0) is 17.8 Å². The van der Waals surface area contributed by atoms with E-state index in [1.807, 2.05) is 12.1 Å². The summed E-state index contributed by atoms with van der Waals surface area (Å²) in [6, 6.07) is 4.16. The quantitative estimate of drug-likeness (QED) is 0.916. The number of rotatable bonds is 4. The highest BCUT2D eigenvalue weighted by molar-refractivity contribution is 5.76. The minimum absolute atomic E-state index is 0.230. The van der Waals surface area contributed by atoms with Gasteiger partial charge >= 0.3 is 0 Å². The molecule has 4 rings (SSSR count). The van der Waals surface area contributed by atoms with Crippen LogP contribution in [0.2, 0.25) is 0 Å². The molecule has 26 heavy (non-hydrogen) atoms. The number of aromatic nitrogens is 4. The lowest BCUT2D eigenvalue weighted by Crippen LogP contribution is -2.36. The summed E-state index contributed by atoms with van der Waals surface area (Å²) < 4.78 is 2.20. The number of hydrogen-bond donors (Lipinski definition) is 1. The predicted molar refractivity (Wildman–Crippen MR) is 99.3 cm³/mol. The zero-order valence-electron chi connectivity index (χ0n) is 15.2. The summed E-state index contributed by atoms with van der Waals surface area (Å²) in [6.45, 7) is 0.842. The molecule has 0 saturated heterocycles. The molecule has 0 bridgehead atoms. The van der Waals surface area contributed by atoms with Gasteiger partial charge in [0.2, 0.25) is 5.91 Å². The molecular weight excluding hydrogens is 326 g/mol. The van der Waals surface area contributed by atoms with Crippen LogP contribution in [0.3, 0.4) is 0 Å². The lowest BCUT2D eigenvalue weighted by atomic mass is 9.87. The van der Waals surface area contributed by atoms with E-state index in [4.69, 9.17) is 0 Å². The molecule has 0 aromatic carbocycles. The average Bonchev–Trinajstić information content (AvgIpc) is 2.98. The van der Waals surface area contributed by atoms with E-state index >= 15 is 0 Å². The van der Waals surface area contributed by atoms with E-state index in [-0.39, 0.29) is 11.9 Å². The Balaban J connectivity index is 1.36. The third-order valence-corrected chi connectivity index (χ3v) is 5.75. The molecule has 1 unspecified atom stereocenters. The SMILES string of the molecule is O=C(CC1CCCCC1)NC1CCc2nnc(-c3ccncc3)n2CC1. The van der Waals surface area contributed by atoms with Crippen LogP contribution in [0.5, 0.6) is 0 Å². The monoisotopic (exact) mass is 353 g/mol. The molecule has 1 N–H and O–H groups in total. The van der Waals surface area contributed by atoms with Gasteiger partial charge in [0.05, 0.1) is 0 Å². The van der Waals surface area contributed by atoms with E-state index in [0.29, 0.717) is 12.3 Å². The highest BCUT2D eigenvalue weighted by atomic mass is 16.1. The number of fused-ring (bicyclic) bond motifs is 1. The normalized spacial score (nSPS) is 21.0. The second-order valence-corrected chi connectivity index (χ2v) is 7.63. The number of pyridine rings is 1. The van der Waals surface area contributed by atoms with Crippen LogP contribution >= 0.6 is 0 Å². The first-order valence-corrected chi connectivity index (χ1v) is 9.91. The van der Waals surface area contributed by atoms with Crippen LogP contribution in [0.4, 0.5) is 0 Å². The van der Waals surface area contributed by atoms with Gasteiger partial charge in [0.15, 0.2) is 5.82 Å². The molecule has 1 aliphatic carbocycles. The number of nitrogens with one attached hydrogen (secondary N) is 1. The van der Waals surface area contributed by atoms with Crippen LogP contribution in [0.1, 0.15) is 57.2 Å². The van der Waals surface area contributed by atoms with Gasteiger partial charge in [-0.25, -0.2) is 0 Å². The Bertz CT molecular complexity index is 736. The maximum Gasteiger partial charge on any atom is 0.220 e. The Kier molecular flexibility index (Phi) is 5.27. The standard InChI is InChI=1S/C20H27N5O/c26-19(14-15-4-2-1-3-5-15)22-17-6-7-18-23-24-20(25(18)13-10-17)16-8-11-21-12-9-16/h8-9,11-12,15,17H,1-7,10,13-14H2,(H,22,26). The van der Waals surface area contributed by atoms with E-state index in [0.717, 1.165) is 43.0 Å². The van der Waals surface area contributed by atoms with Crippen molar-refractivity contribution in [3.8, 4) is 11.4 Å². The van der Waals surface area contributed by atoms with E-state index in [2.05, 4.69) is 25.1 Å². The first kappa shape index (κ1) is 17.2. The molecule has 2 aliphatic rings. The lowest BCUT2D eigenvalue weighted by molar-refractivity contribution is -0.123. The van der Waals surface area contributed by atoms with Crippen LogP contribution in [-0.4, -0.2) is 31.7 Å². The van der Waals surface area contributed by atoms with Gasteiger partial charge in [-0.3, -0.25) is 9.78 Å². The fraction of sp³-hybridized carbons (Fsp3) is 0.600. The average molecular weight is 353 g/mol. The highest BCUT2D eigenvalue weighted by Gasteiger charge is 2.23. The Hall–Kier alpha value is -2.24. The maximum atomic E-state index is 12.4. The second kappa shape index (κ2) is 7.98. The van der Waals surface area contributed by atoms with Gasteiger partial charge in [-0.15, -0.1) is 10.2 Å². The van der Waals surface area contributed by atoms with Gasteiger partial charge in [-0.1, -0.05) is 19.3 Å². The van der Waals surface area contributed by atoms with Crippen molar-refractivity contribution in [1.82, 2.24) is 25.1 Å². The minimum Gasteiger partial charge on any atom is -0.353 e. The van der Waals surface area contributed by atoms with Crippen molar-refractivity contribution in [2.75, 3.05) is 0 Å². The molecular formula is C20H27N5O. The number of amides is 1. The Morgan fingerprint density at radius 2 is 1.88 bits per heavy atom. The molecule has 1 saturated carbocycles. The van der Waals surface area contributed by atoms with Crippen molar-refractivity contribution in [3.05, 3.63) is 30.4 Å². The Morgan fingerprint density at radius 1 is 1.08 bits per heavy atom. The van der Waals surface area contributed by atoms with E-state index in [1.165, 1.54) is 32.1 Å². The summed E-state index contributed by atoms with van der Waals surface area (Å²) in [7, 11) is 0. The second-order valence-electron chi connectivity index (χ2n) is 7.63. The molecule has 6 heteroatoms. The van der Waals surface area contributed by atoms with Gasteiger partial charge in [0, 0.05) is 43.4 Å². The summed E-state index contributed by atoms with van der Waals surface area (Å²) in [5.74, 6) is 2.74. The van der Waals surface area contributed by atoms with Gasteiger partial charge in [-0.2, -0.15) is 0 Å². The molecule has 138 valence electrons. The van der Waals surface area contributed by atoms with Crippen LogP contribution in [0.25, 0.3) is 11.4 Å². The predicted octanol–water partition coefficient (Wildman–Crippen LogP) is 3.13. The van der Waals surface area contributed by atoms with Crippen molar-refractivity contribution in [2.24, 2.45) is 5.92 Å². The molecule has 2 aromatic heterocycles. The molecule has 6 nitrogen and oxygen atoms in total. The molecule has 1 atom stereocenters. The van der Waals surface area contributed by atoms with Crippen molar-refractivity contribution in [1.29, 1.82) is 0 Å². The molecule has 3 heterocycles. The van der Waals surface area contributed by atoms with Crippen molar-refractivity contribution in [2.45, 2.75) is 70.4 Å². The van der Waals surface area contributed by atoms with Crippen LogP contribution in [0.15, 0.2) is 24.5 Å². The lowest BCUT2D eigenvalue weighted by Gasteiger charge is -2.23. The number of carbonyl (C=O) groups excluding carboxylic acids is 1. The summed E-state index contributed by atoms with van der Waals surface area (Å²) in [6.07, 6.45) is 13.3. The first-order valence-electron chi connectivity index (χ1n) is 9.91. The zero-order chi connectivity index (χ0) is 17.8. The van der Waals surface area contributed by atoms with Crippen molar-refractivity contribution < 1.29 is 4.79 Å². The summed E-state index contributed by atoms with van der Waals surface area (Å²) in [5, 5.41) is 12.0. The molecule has 0 radical (unpaired) electrons.